The lowest BCUT2D eigenvalue weighted by atomic mass is 10.1. The molecule has 1 aromatic rings. The maximum atomic E-state index is 12.2. The Bertz CT molecular complexity index is 555. The van der Waals surface area contributed by atoms with Crippen molar-refractivity contribution in [2.45, 2.75) is 25.4 Å². The van der Waals surface area contributed by atoms with Crippen molar-refractivity contribution in [2.24, 2.45) is 5.92 Å². The normalized spacial score (nSPS) is 24.8. The van der Waals surface area contributed by atoms with E-state index in [1.807, 2.05) is 24.3 Å². The molecule has 22 heavy (non-hydrogen) atoms. The van der Waals surface area contributed by atoms with E-state index in [9.17, 15) is 9.59 Å². The van der Waals surface area contributed by atoms with Gasteiger partial charge in [0.05, 0.1) is 12.0 Å². The van der Waals surface area contributed by atoms with Crippen LogP contribution in [-0.2, 0) is 14.3 Å². The molecule has 2 heterocycles. The molecule has 2 fully saturated rings. The van der Waals surface area contributed by atoms with E-state index in [-0.39, 0.29) is 30.3 Å². The van der Waals surface area contributed by atoms with Crippen LogP contribution in [0.1, 0.15) is 19.3 Å². The van der Waals surface area contributed by atoms with Gasteiger partial charge in [0, 0.05) is 36.3 Å². The van der Waals surface area contributed by atoms with Gasteiger partial charge in [-0.1, -0.05) is 15.9 Å². The Morgan fingerprint density at radius 3 is 2.82 bits per heavy atom. The van der Waals surface area contributed by atoms with Crippen molar-refractivity contribution in [1.82, 2.24) is 5.32 Å². The Morgan fingerprint density at radius 1 is 1.36 bits per heavy atom. The minimum atomic E-state index is -0.280. The topological polar surface area (TPSA) is 58.6 Å². The quantitative estimate of drug-likeness (QED) is 0.887. The Balaban J connectivity index is 1.56. The highest BCUT2D eigenvalue weighted by molar-refractivity contribution is 9.10. The van der Waals surface area contributed by atoms with Crippen LogP contribution in [0.25, 0.3) is 0 Å². The largest absolute Gasteiger partial charge is 0.376 e. The van der Waals surface area contributed by atoms with Crippen LogP contribution >= 0.6 is 15.9 Å². The standard InChI is InChI=1S/C16H19BrN2O3/c17-12-3-5-13(6-4-12)19-10-11(8-15(19)20)16(21)18-9-14-2-1-7-22-14/h3-6,11,14H,1-2,7-10H2,(H,18,21)/t11-,14-/m1/s1. The molecule has 3 rings (SSSR count). The molecule has 2 aliphatic rings. The molecule has 0 bridgehead atoms. The molecular weight excluding hydrogens is 348 g/mol. The SMILES string of the molecule is O=C(NC[C@H]1CCCO1)[C@@H]1CC(=O)N(c2ccc(Br)cc2)C1. The summed E-state index contributed by atoms with van der Waals surface area (Å²) in [5, 5.41) is 2.92. The van der Waals surface area contributed by atoms with Gasteiger partial charge in [0.1, 0.15) is 0 Å². The number of hydrogen-bond acceptors (Lipinski definition) is 3. The van der Waals surface area contributed by atoms with E-state index in [1.165, 1.54) is 0 Å². The van der Waals surface area contributed by atoms with Crippen molar-refractivity contribution < 1.29 is 14.3 Å². The van der Waals surface area contributed by atoms with E-state index in [4.69, 9.17) is 4.74 Å². The number of hydrogen-bond donors (Lipinski definition) is 1. The third-order valence-electron chi connectivity index (χ3n) is 4.16. The van der Waals surface area contributed by atoms with E-state index in [2.05, 4.69) is 21.2 Å². The summed E-state index contributed by atoms with van der Waals surface area (Å²) in [4.78, 5) is 26.1. The predicted molar refractivity (Wildman–Crippen MR) is 86.6 cm³/mol. The average Bonchev–Trinajstić information content (AvgIpc) is 3.15. The maximum Gasteiger partial charge on any atom is 0.227 e. The first-order chi connectivity index (χ1) is 10.6. The second-order valence-corrected chi connectivity index (χ2v) is 6.68. The van der Waals surface area contributed by atoms with Crippen LogP contribution in [0.4, 0.5) is 5.69 Å². The highest BCUT2D eigenvalue weighted by atomic mass is 79.9. The predicted octanol–water partition coefficient (Wildman–Crippen LogP) is 2.10. The Hall–Kier alpha value is -1.40. The number of benzene rings is 1. The van der Waals surface area contributed by atoms with Crippen LogP contribution in [0.2, 0.25) is 0 Å². The molecule has 1 N–H and O–H groups in total. The molecule has 2 saturated heterocycles. The minimum Gasteiger partial charge on any atom is -0.376 e. The highest BCUT2D eigenvalue weighted by Gasteiger charge is 2.35. The van der Waals surface area contributed by atoms with Gasteiger partial charge in [0.15, 0.2) is 0 Å². The van der Waals surface area contributed by atoms with Gasteiger partial charge in [-0.05, 0) is 37.1 Å². The average molecular weight is 367 g/mol. The molecule has 5 nitrogen and oxygen atoms in total. The number of ether oxygens (including phenoxy) is 1. The van der Waals surface area contributed by atoms with Gasteiger partial charge >= 0.3 is 0 Å². The second kappa shape index (κ2) is 6.79. The molecule has 2 amide bonds. The van der Waals surface area contributed by atoms with Gasteiger partial charge < -0.3 is 15.0 Å². The van der Waals surface area contributed by atoms with E-state index in [1.54, 1.807) is 4.90 Å². The first-order valence-corrected chi connectivity index (χ1v) is 8.38. The lowest BCUT2D eigenvalue weighted by Crippen LogP contribution is -2.37. The zero-order chi connectivity index (χ0) is 15.5. The molecule has 0 spiro atoms. The minimum absolute atomic E-state index is 0.000381. The van der Waals surface area contributed by atoms with Gasteiger partial charge in [-0.3, -0.25) is 9.59 Å². The molecule has 2 aliphatic heterocycles. The molecule has 0 aromatic heterocycles. The summed E-state index contributed by atoms with van der Waals surface area (Å²) in [6.07, 6.45) is 2.45. The van der Waals surface area contributed by atoms with Crippen LogP contribution < -0.4 is 10.2 Å². The maximum absolute atomic E-state index is 12.2. The zero-order valence-corrected chi connectivity index (χ0v) is 13.8. The number of amides is 2. The van der Waals surface area contributed by atoms with Gasteiger partial charge in [-0.25, -0.2) is 0 Å². The van der Waals surface area contributed by atoms with E-state index in [0.29, 0.717) is 13.1 Å². The Morgan fingerprint density at radius 2 is 2.14 bits per heavy atom. The van der Waals surface area contributed by atoms with E-state index < -0.39 is 0 Å². The molecule has 2 atom stereocenters. The van der Waals surface area contributed by atoms with Crippen LogP contribution in [0.15, 0.2) is 28.7 Å². The van der Waals surface area contributed by atoms with Gasteiger partial charge in [-0.15, -0.1) is 0 Å². The lowest BCUT2D eigenvalue weighted by Gasteiger charge is -2.17. The molecule has 0 saturated carbocycles. The number of carbonyl (C=O) groups is 2. The summed E-state index contributed by atoms with van der Waals surface area (Å²) in [7, 11) is 0. The molecule has 118 valence electrons. The van der Waals surface area contributed by atoms with Gasteiger partial charge in [-0.2, -0.15) is 0 Å². The van der Waals surface area contributed by atoms with Crippen molar-refractivity contribution in [2.75, 3.05) is 24.6 Å². The van der Waals surface area contributed by atoms with Crippen molar-refractivity contribution >= 4 is 33.4 Å². The van der Waals surface area contributed by atoms with E-state index in [0.717, 1.165) is 29.6 Å². The van der Waals surface area contributed by atoms with Gasteiger partial charge in [0.2, 0.25) is 11.8 Å². The number of nitrogens with zero attached hydrogens (tertiary/aromatic N) is 1. The Kier molecular flexibility index (Phi) is 4.78. The first-order valence-electron chi connectivity index (χ1n) is 7.59. The number of rotatable bonds is 4. The molecule has 6 heteroatoms. The van der Waals surface area contributed by atoms with Crippen molar-refractivity contribution in [3.8, 4) is 0 Å². The molecule has 0 unspecified atom stereocenters. The van der Waals surface area contributed by atoms with Crippen molar-refractivity contribution in [3.05, 3.63) is 28.7 Å². The number of anilines is 1. The molecule has 0 radical (unpaired) electrons. The third kappa shape index (κ3) is 3.50. The van der Waals surface area contributed by atoms with E-state index >= 15 is 0 Å². The number of carbonyl (C=O) groups excluding carboxylic acids is 2. The molecule has 0 aliphatic carbocycles. The summed E-state index contributed by atoms with van der Waals surface area (Å²) < 4.78 is 6.46. The third-order valence-corrected chi connectivity index (χ3v) is 4.69. The smallest absolute Gasteiger partial charge is 0.227 e. The highest BCUT2D eigenvalue weighted by Crippen LogP contribution is 2.26. The number of nitrogens with one attached hydrogen (secondary N) is 1. The van der Waals surface area contributed by atoms with Crippen LogP contribution in [0.3, 0.4) is 0 Å². The summed E-state index contributed by atoms with van der Waals surface area (Å²) in [5.41, 5.74) is 0.836. The summed E-state index contributed by atoms with van der Waals surface area (Å²) >= 11 is 3.38. The lowest BCUT2D eigenvalue weighted by molar-refractivity contribution is -0.126. The summed E-state index contributed by atoms with van der Waals surface area (Å²) in [6, 6.07) is 7.56. The van der Waals surface area contributed by atoms with Crippen LogP contribution in [0.5, 0.6) is 0 Å². The van der Waals surface area contributed by atoms with Gasteiger partial charge in [0.25, 0.3) is 0 Å². The summed E-state index contributed by atoms with van der Waals surface area (Å²) in [5.74, 6) is -0.333. The van der Waals surface area contributed by atoms with Crippen molar-refractivity contribution in [1.29, 1.82) is 0 Å². The molecular formula is C16H19BrN2O3. The molecule has 1 aromatic carbocycles. The fourth-order valence-corrected chi connectivity index (χ4v) is 3.18. The zero-order valence-electron chi connectivity index (χ0n) is 12.3. The fourth-order valence-electron chi connectivity index (χ4n) is 2.92. The first kappa shape index (κ1) is 15.5. The second-order valence-electron chi connectivity index (χ2n) is 5.76. The van der Waals surface area contributed by atoms with Crippen LogP contribution in [0, 0.1) is 5.92 Å². The number of halogens is 1. The Labute approximate surface area is 138 Å². The summed E-state index contributed by atoms with van der Waals surface area (Å²) in [6.45, 7) is 1.76. The van der Waals surface area contributed by atoms with Crippen molar-refractivity contribution in [3.63, 3.8) is 0 Å². The van der Waals surface area contributed by atoms with Crippen LogP contribution in [-0.4, -0.2) is 37.6 Å². The fraction of sp³-hybridized carbons (Fsp3) is 0.500. The monoisotopic (exact) mass is 366 g/mol.